The van der Waals surface area contributed by atoms with E-state index in [1.807, 2.05) is 33.9 Å². The summed E-state index contributed by atoms with van der Waals surface area (Å²) < 4.78 is 26.5. The number of ether oxygens (including phenoxy) is 1. The lowest BCUT2D eigenvalue weighted by Gasteiger charge is -2.45. The van der Waals surface area contributed by atoms with E-state index in [2.05, 4.69) is 0 Å². The predicted octanol–water partition coefficient (Wildman–Crippen LogP) is 2.67. The molecule has 0 aromatic carbocycles. The lowest BCUT2D eigenvalue weighted by molar-refractivity contribution is -0.132. The highest BCUT2D eigenvalue weighted by atomic mass is 28.4. The molecule has 136 valence electrons. The van der Waals surface area contributed by atoms with E-state index in [9.17, 15) is 14.4 Å². The van der Waals surface area contributed by atoms with Gasteiger partial charge >= 0.3 is 6.09 Å². The first-order chi connectivity index (χ1) is 10.9. The third kappa shape index (κ3) is 3.13. The van der Waals surface area contributed by atoms with Gasteiger partial charge in [0.15, 0.2) is 14.5 Å². The van der Waals surface area contributed by atoms with Crippen molar-refractivity contribution >= 4 is 26.6 Å². The standard InChI is InChI=1S/C16H26FNO5Si/c1-9(20)18-13-11(22-15(18)21)7-10(8-19)14(12(13)17)23-24(5,6)16(2,3)4/h8,10-14H,7H2,1-6H3/t10-,11+,12+,13+,14-/m1/s1. The second-order valence-electron chi connectivity index (χ2n) is 8.12. The van der Waals surface area contributed by atoms with Crippen LogP contribution >= 0.6 is 0 Å². The molecule has 2 aliphatic rings. The normalized spacial score (nSPS) is 33.9. The first-order valence-electron chi connectivity index (χ1n) is 8.18. The molecule has 24 heavy (non-hydrogen) atoms. The molecule has 0 spiro atoms. The van der Waals surface area contributed by atoms with E-state index in [0.717, 1.165) is 4.90 Å². The molecule has 0 aromatic rings. The monoisotopic (exact) mass is 359 g/mol. The molecule has 0 radical (unpaired) electrons. The summed E-state index contributed by atoms with van der Waals surface area (Å²) in [6, 6.07) is -1.03. The number of amides is 2. The van der Waals surface area contributed by atoms with Gasteiger partial charge in [-0.05, 0) is 24.6 Å². The average molecular weight is 359 g/mol. The van der Waals surface area contributed by atoms with Crippen molar-refractivity contribution in [1.82, 2.24) is 4.90 Å². The molecule has 1 saturated heterocycles. The zero-order chi connectivity index (χ0) is 18.4. The van der Waals surface area contributed by atoms with E-state index in [1.165, 1.54) is 6.92 Å². The average Bonchev–Trinajstić information content (AvgIpc) is 2.76. The minimum atomic E-state index is -2.33. The highest BCUT2D eigenvalue weighted by molar-refractivity contribution is 6.74. The van der Waals surface area contributed by atoms with Gasteiger partial charge < -0.3 is 14.0 Å². The summed E-state index contributed by atoms with van der Waals surface area (Å²) in [6.45, 7) is 11.2. The largest absolute Gasteiger partial charge is 0.443 e. The van der Waals surface area contributed by atoms with Crippen LogP contribution < -0.4 is 0 Å². The van der Waals surface area contributed by atoms with Crippen LogP contribution in [0.25, 0.3) is 0 Å². The van der Waals surface area contributed by atoms with E-state index in [1.54, 1.807) is 0 Å². The maximum Gasteiger partial charge on any atom is 0.417 e. The Labute approximate surface area is 142 Å². The molecule has 1 aliphatic carbocycles. The van der Waals surface area contributed by atoms with Gasteiger partial charge in [0.1, 0.15) is 18.4 Å². The van der Waals surface area contributed by atoms with Crippen molar-refractivity contribution in [3.63, 3.8) is 0 Å². The molecule has 0 N–H and O–H groups in total. The minimum absolute atomic E-state index is 0.154. The van der Waals surface area contributed by atoms with Crippen LogP contribution in [-0.2, 0) is 18.8 Å². The van der Waals surface area contributed by atoms with Crippen molar-refractivity contribution in [2.45, 2.75) is 76.7 Å². The van der Waals surface area contributed by atoms with Crippen LogP contribution in [-0.4, -0.2) is 55.9 Å². The van der Waals surface area contributed by atoms with Gasteiger partial charge in [-0.1, -0.05) is 20.8 Å². The third-order valence-electron chi connectivity index (χ3n) is 5.45. The van der Waals surface area contributed by atoms with Gasteiger partial charge in [-0.2, -0.15) is 0 Å². The van der Waals surface area contributed by atoms with Gasteiger partial charge in [-0.25, -0.2) is 14.1 Å². The Balaban J connectivity index is 2.32. The lowest BCUT2D eigenvalue weighted by atomic mass is 9.81. The Morgan fingerprint density at radius 3 is 2.46 bits per heavy atom. The van der Waals surface area contributed by atoms with Crippen LogP contribution in [0.1, 0.15) is 34.1 Å². The molecule has 0 unspecified atom stereocenters. The van der Waals surface area contributed by atoms with Crippen LogP contribution in [0.2, 0.25) is 18.1 Å². The quantitative estimate of drug-likeness (QED) is 0.572. The summed E-state index contributed by atoms with van der Waals surface area (Å²) in [5.41, 5.74) is 0. The van der Waals surface area contributed by atoms with Crippen molar-refractivity contribution in [3.05, 3.63) is 0 Å². The molecule has 5 atom stereocenters. The number of imide groups is 1. The van der Waals surface area contributed by atoms with Gasteiger partial charge in [-0.3, -0.25) is 4.79 Å². The van der Waals surface area contributed by atoms with Crippen LogP contribution in [0, 0.1) is 5.92 Å². The Kier molecular flexibility index (Phi) is 4.93. The van der Waals surface area contributed by atoms with Crippen molar-refractivity contribution in [2.24, 2.45) is 5.92 Å². The molecular weight excluding hydrogens is 333 g/mol. The lowest BCUT2D eigenvalue weighted by Crippen LogP contribution is -2.60. The van der Waals surface area contributed by atoms with Crippen molar-refractivity contribution in [2.75, 3.05) is 0 Å². The summed E-state index contributed by atoms with van der Waals surface area (Å²) in [5.74, 6) is -1.26. The topological polar surface area (TPSA) is 72.9 Å². The fourth-order valence-corrected chi connectivity index (χ4v) is 4.39. The number of carbonyl (C=O) groups is 3. The Hall–Kier alpha value is -1.28. The number of aldehydes is 1. The molecule has 2 fully saturated rings. The maximum atomic E-state index is 15.3. The zero-order valence-electron chi connectivity index (χ0n) is 15.0. The molecule has 1 aliphatic heterocycles. The van der Waals surface area contributed by atoms with Crippen molar-refractivity contribution in [1.29, 1.82) is 0 Å². The van der Waals surface area contributed by atoms with Crippen LogP contribution in [0.3, 0.4) is 0 Å². The first-order valence-corrected chi connectivity index (χ1v) is 11.1. The Morgan fingerprint density at radius 1 is 1.42 bits per heavy atom. The molecule has 8 heteroatoms. The number of hydrogen-bond acceptors (Lipinski definition) is 5. The zero-order valence-corrected chi connectivity index (χ0v) is 16.0. The Bertz CT molecular complexity index is 547. The van der Waals surface area contributed by atoms with Gasteiger partial charge in [0.05, 0.1) is 6.10 Å². The van der Waals surface area contributed by atoms with Crippen LogP contribution in [0.4, 0.5) is 9.18 Å². The van der Waals surface area contributed by atoms with E-state index >= 15 is 4.39 Å². The number of halogens is 1. The fourth-order valence-electron chi connectivity index (χ4n) is 3.05. The third-order valence-corrected chi connectivity index (χ3v) is 9.92. The van der Waals surface area contributed by atoms with E-state index in [0.29, 0.717) is 6.29 Å². The molecule has 2 amide bonds. The van der Waals surface area contributed by atoms with Crippen LogP contribution in [0.5, 0.6) is 0 Å². The molecule has 1 saturated carbocycles. The number of rotatable bonds is 3. The summed E-state index contributed by atoms with van der Waals surface area (Å²) in [5, 5.41) is -0.154. The fraction of sp³-hybridized carbons (Fsp3) is 0.812. The number of hydrogen-bond donors (Lipinski definition) is 0. The van der Waals surface area contributed by atoms with Crippen LogP contribution in [0.15, 0.2) is 0 Å². The minimum Gasteiger partial charge on any atom is -0.443 e. The molecule has 2 rings (SSSR count). The first kappa shape index (κ1) is 19.0. The van der Waals surface area contributed by atoms with Crippen molar-refractivity contribution < 1.29 is 27.9 Å². The van der Waals surface area contributed by atoms with Gasteiger partial charge in [0, 0.05) is 12.8 Å². The maximum absolute atomic E-state index is 15.3. The van der Waals surface area contributed by atoms with Gasteiger partial charge in [0.2, 0.25) is 5.91 Å². The van der Waals surface area contributed by atoms with E-state index in [-0.39, 0.29) is 11.5 Å². The summed E-state index contributed by atoms with van der Waals surface area (Å²) in [4.78, 5) is 35.9. The predicted molar refractivity (Wildman–Crippen MR) is 87.7 cm³/mol. The molecule has 0 bridgehead atoms. The van der Waals surface area contributed by atoms with Gasteiger partial charge in [-0.15, -0.1) is 0 Å². The second-order valence-corrected chi connectivity index (χ2v) is 12.9. The van der Waals surface area contributed by atoms with Gasteiger partial charge in [0.25, 0.3) is 0 Å². The molecule has 0 aromatic heterocycles. The van der Waals surface area contributed by atoms with E-state index < -0.39 is 50.7 Å². The SMILES string of the molecule is CC(=O)N1C(=O)O[C@H]2C[C@H](C=O)[C@@H](O[Si](C)(C)C(C)(C)C)[C@@H](F)[C@H]21. The summed E-state index contributed by atoms with van der Waals surface area (Å²) in [7, 11) is -2.33. The summed E-state index contributed by atoms with van der Waals surface area (Å²) >= 11 is 0. The number of carbonyl (C=O) groups excluding carboxylic acids is 3. The number of fused-ring (bicyclic) bond motifs is 1. The highest BCUT2D eigenvalue weighted by Gasteiger charge is 2.58. The van der Waals surface area contributed by atoms with E-state index in [4.69, 9.17) is 9.16 Å². The molecule has 1 heterocycles. The molecule has 6 nitrogen and oxygen atoms in total. The smallest absolute Gasteiger partial charge is 0.417 e. The van der Waals surface area contributed by atoms with Crippen molar-refractivity contribution in [3.8, 4) is 0 Å². The number of nitrogens with zero attached hydrogens (tertiary/aromatic N) is 1. The number of alkyl halides is 1. The second kappa shape index (κ2) is 6.22. The highest BCUT2D eigenvalue weighted by Crippen LogP contribution is 2.43. The molecular formula is C16H26FNO5Si. The Morgan fingerprint density at radius 2 is 2.00 bits per heavy atom. The summed E-state index contributed by atoms with van der Waals surface area (Å²) in [6.07, 6.45) is -3.43.